The molecule has 1 amide bonds. The quantitative estimate of drug-likeness (QED) is 0.608. The first-order valence-corrected chi connectivity index (χ1v) is 8.32. The van der Waals surface area contributed by atoms with Crippen LogP contribution in [-0.2, 0) is 0 Å². The van der Waals surface area contributed by atoms with E-state index in [4.69, 9.17) is 4.42 Å². The molecule has 0 saturated carbocycles. The first kappa shape index (κ1) is 15.3. The second kappa shape index (κ2) is 6.33. The predicted octanol–water partition coefficient (Wildman–Crippen LogP) is 3.54. The number of pyridine rings is 1. The summed E-state index contributed by atoms with van der Waals surface area (Å²) < 4.78 is 6.94. The zero-order valence-corrected chi connectivity index (χ0v) is 14.0. The van der Waals surface area contributed by atoms with Crippen LogP contribution in [0.2, 0.25) is 0 Å². The number of nitrogens with zero attached hydrogens (tertiary/aromatic N) is 4. The minimum absolute atomic E-state index is 0.298. The van der Waals surface area contributed by atoms with Crippen LogP contribution in [0.1, 0.15) is 15.4 Å². The van der Waals surface area contributed by atoms with Crippen LogP contribution in [0.25, 0.3) is 16.6 Å². The van der Waals surface area contributed by atoms with Gasteiger partial charge in [0.1, 0.15) is 5.69 Å². The minimum Gasteiger partial charge on any atom is -0.462 e. The summed E-state index contributed by atoms with van der Waals surface area (Å²) in [6, 6.07) is 8.93. The lowest BCUT2D eigenvalue weighted by molar-refractivity contribution is 0.102. The minimum atomic E-state index is -0.298. The van der Waals surface area contributed by atoms with Gasteiger partial charge in [0.2, 0.25) is 0 Å². The zero-order chi connectivity index (χ0) is 17.2. The summed E-state index contributed by atoms with van der Waals surface area (Å²) in [5.41, 5.74) is 0.926. The van der Waals surface area contributed by atoms with Gasteiger partial charge < -0.3 is 9.73 Å². The Morgan fingerprint density at radius 1 is 1.24 bits per heavy atom. The highest BCUT2D eigenvalue weighted by molar-refractivity contribution is 7.15. The van der Waals surface area contributed by atoms with E-state index in [-0.39, 0.29) is 5.91 Å². The highest BCUT2D eigenvalue weighted by atomic mass is 32.1. The van der Waals surface area contributed by atoms with E-state index in [2.05, 4.69) is 20.4 Å². The van der Waals surface area contributed by atoms with E-state index in [0.717, 1.165) is 4.88 Å². The van der Waals surface area contributed by atoms with Gasteiger partial charge in [-0.15, -0.1) is 11.3 Å². The van der Waals surface area contributed by atoms with E-state index in [1.165, 1.54) is 11.3 Å². The second-order valence-electron chi connectivity index (χ2n) is 5.18. The molecule has 0 spiro atoms. The van der Waals surface area contributed by atoms with Gasteiger partial charge in [-0.3, -0.25) is 4.79 Å². The third kappa shape index (κ3) is 2.94. The van der Waals surface area contributed by atoms with Gasteiger partial charge in [0, 0.05) is 23.5 Å². The van der Waals surface area contributed by atoms with E-state index < -0.39 is 0 Å². The molecule has 4 aromatic rings. The summed E-state index contributed by atoms with van der Waals surface area (Å²) in [5, 5.41) is 7.70. The number of hydrogen-bond acceptors (Lipinski definition) is 6. The van der Waals surface area contributed by atoms with Crippen molar-refractivity contribution in [2.75, 3.05) is 5.32 Å². The van der Waals surface area contributed by atoms with Gasteiger partial charge in [-0.05, 0) is 37.3 Å². The number of nitrogens with one attached hydrogen (secondary N) is 1. The molecule has 0 bridgehead atoms. The lowest BCUT2D eigenvalue weighted by atomic mass is 10.3. The molecule has 4 aromatic heterocycles. The number of thiazole rings is 1. The molecular weight excluding hydrogens is 338 g/mol. The number of hydrogen-bond donors (Lipinski definition) is 1. The molecule has 1 N–H and O–H groups in total. The highest BCUT2D eigenvalue weighted by Crippen LogP contribution is 2.28. The van der Waals surface area contributed by atoms with Crippen molar-refractivity contribution < 1.29 is 9.21 Å². The lowest BCUT2D eigenvalue weighted by Gasteiger charge is -2.09. The fraction of sp³-hybridized carbons (Fsp3) is 0.0588. The molecule has 8 heteroatoms. The van der Waals surface area contributed by atoms with E-state index in [1.807, 2.05) is 13.0 Å². The fourth-order valence-electron chi connectivity index (χ4n) is 2.37. The molecule has 0 atom stereocenters. The number of rotatable bonds is 4. The van der Waals surface area contributed by atoms with Crippen LogP contribution in [-0.4, -0.2) is 25.7 Å². The average Bonchev–Trinajstić information content (AvgIpc) is 3.37. The largest absolute Gasteiger partial charge is 0.462 e. The van der Waals surface area contributed by atoms with E-state index in [9.17, 15) is 4.79 Å². The summed E-state index contributed by atoms with van der Waals surface area (Å²) in [7, 11) is 0. The van der Waals surface area contributed by atoms with Crippen molar-refractivity contribution in [2.24, 2.45) is 0 Å². The van der Waals surface area contributed by atoms with Gasteiger partial charge in [0.25, 0.3) is 5.91 Å². The lowest BCUT2D eigenvalue weighted by Crippen LogP contribution is -2.16. The normalized spacial score (nSPS) is 10.8. The molecule has 0 saturated heterocycles. The average molecular weight is 351 g/mol. The van der Waals surface area contributed by atoms with Gasteiger partial charge in [0.15, 0.2) is 16.6 Å². The van der Waals surface area contributed by atoms with Crippen LogP contribution in [0.5, 0.6) is 0 Å². The number of carbonyl (C=O) groups excluding carboxylic acids is 1. The molecule has 0 aliphatic heterocycles. The molecule has 0 aromatic carbocycles. The number of furan rings is 1. The Labute approximate surface area is 147 Å². The third-order valence-electron chi connectivity index (χ3n) is 3.50. The molecule has 4 rings (SSSR count). The molecule has 0 unspecified atom stereocenters. The van der Waals surface area contributed by atoms with Gasteiger partial charge in [-0.2, -0.15) is 5.10 Å². The maximum Gasteiger partial charge on any atom is 0.275 e. The molecule has 0 radical (unpaired) electrons. The van der Waals surface area contributed by atoms with Crippen molar-refractivity contribution in [2.45, 2.75) is 6.92 Å². The molecule has 7 nitrogen and oxygen atoms in total. The molecule has 124 valence electrons. The van der Waals surface area contributed by atoms with Crippen molar-refractivity contribution in [3.05, 3.63) is 65.8 Å². The molecule has 0 aliphatic rings. The third-order valence-corrected chi connectivity index (χ3v) is 4.49. The Hall–Kier alpha value is -3.26. The number of carbonyl (C=O) groups is 1. The monoisotopic (exact) mass is 351 g/mol. The Balaban J connectivity index is 1.64. The van der Waals surface area contributed by atoms with Crippen molar-refractivity contribution in [3.63, 3.8) is 0 Å². The van der Waals surface area contributed by atoms with Crippen molar-refractivity contribution in [3.8, 4) is 16.6 Å². The van der Waals surface area contributed by atoms with Crippen LogP contribution in [0.15, 0.2) is 59.6 Å². The number of aromatic nitrogens is 4. The molecule has 0 fully saturated rings. The van der Waals surface area contributed by atoms with Crippen LogP contribution < -0.4 is 5.32 Å². The summed E-state index contributed by atoms with van der Waals surface area (Å²) >= 11 is 1.41. The molecular formula is C17H13N5O2S. The first-order valence-electron chi connectivity index (χ1n) is 7.50. The molecule has 25 heavy (non-hydrogen) atoms. The van der Waals surface area contributed by atoms with Crippen LogP contribution in [0.4, 0.5) is 5.69 Å². The zero-order valence-electron chi connectivity index (χ0n) is 13.2. The Morgan fingerprint density at radius 3 is 2.92 bits per heavy atom. The standard InChI is InChI=1S/C17H13N5O2S/c1-11-14(21-17(25-11)13-6-3-10-24-13)16(23)20-12-5-2-7-18-15(12)22-9-4-8-19-22/h2-10H,1H3,(H,20,23). The Kier molecular flexibility index (Phi) is 3.87. The van der Waals surface area contributed by atoms with Gasteiger partial charge in [-0.1, -0.05) is 0 Å². The Bertz CT molecular complexity index is 1010. The molecule has 0 aliphatic carbocycles. The maximum absolute atomic E-state index is 12.7. The van der Waals surface area contributed by atoms with Crippen LogP contribution in [0.3, 0.4) is 0 Å². The van der Waals surface area contributed by atoms with Gasteiger partial charge in [0.05, 0.1) is 12.0 Å². The maximum atomic E-state index is 12.7. The summed E-state index contributed by atoms with van der Waals surface area (Å²) in [6.45, 7) is 1.86. The summed E-state index contributed by atoms with van der Waals surface area (Å²) in [5.74, 6) is 0.888. The van der Waals surface area contributed by atoms with Gasteiger partial charge >= 0.3 is 0 Å². The van der Waals surface area contributed by atoms with E-state index >= 15 is 0 Å². The SMILES string of the molecule is Cc1sc(-c2ccco2)nc1C(=O)Nc1cccnc1-n1cccn1. The van der Waals surface area contributed by atoms with Crippen molar-refractivity contribution >= 4 is 22.9 Å². The Morgan fingerprint density at radius 2 is 2.16 bits per heavy atom. The number of aryl methyl sites for hydroxylation is 1. The van der Waals surface area contributed by atoms with Crippen molar-refractivity contribution in [1.29, 1.82) is 0 Å². The fourth-order valence-corrected chi connectivity index (χ4v) is 3.24. The van der Waals surface area contributed by atoms with Gasteiger partial charge in [-0.25, -0.2) is 14.6 Å². The molecule has 4 heterocycles. The first-order chi connectivity index (χ1) is 12.2. The topological polar surface area (TPSA) is 85.8 Å². The second-order valence-corrected chi connectivity index (χ2v) is 6.38. The highest BCUT2D eigenvalue weighted by Gasteiger charge is 2.19. The predicted molar refractivity (Wildman–Crippen MR) is 93.9 cm³/mol. The summed E-state index contributed by atoms with van der Waals surface area (Å²) in [4.78, 5) is 22.2. The van der Waals surface area contributed by atoms with Crippen molar-refractivity contribution in [1.82, 2.24) is 19.7 Å². The van der Waals surface area contributed by atoms with E-state index in [0.29, 0.717) is 28.0 Å². The number of amides is 1. The van der Waals surface area contributed by atoms with Crippen LogP contribution >= 0.6 is 11.3 Å². The number of anilines is 1. The summed E-state index contributed by atoms with van der Waals surface area (Å²) in [6.07, 6.45) is 6.65. The van der Waals surface area contributed by atoms with E-state index in [1.54, 1.807) is 53.8 Å². The van der Waals surface area contributed by atoms with Crippen LogP contribution in [0, 0.1) is 6.92 Å². The smallest absolute Gasteiger partial charge is 0.275 e.